The summed E-state index contributed by atoms with van der Waals surface area (Å²) >= 11 is 0. The minimum atomic E-state index is -0.231. The molecule has 0 aliphatic rings. The van der Waals surface area contributed by atoms with Crippen LogP contribution < -0.4 is 10.1 Å². The van der Waals surface area contributed by atoms with Crippen molar-refractivity contribution in [1.29, 1.82) is 0 Å². The summed E-state index contributed by atoms with van der Waals surface area (Å²) in [5.74, 6) is 0.663. The second-order valence-corrected chi connectivity index (χ2v) is 3.63. The van der Waals surface area contributed by atoms with Crippen molar-refractivity contribution in [2.75, 3.05) is 13.7 Å². The molecular weight excluding hydrogens is 206 g/mol. The van der Waals surface area contributed by atoms with E-state index in [0.29, 0.717) is 6.42 Å². The molecule has 0 aromatic heterocycles. The van der Waals surface area contributed by atoms with Crippen LogP contribution >= 0.6 is 0 Å². The molecule has 0 heterocycles. The standard InChI is InChI=1S/C12H17NO3/c1-9(15)13-11(8-14)7-10-3-5-12(16-2)6-4-10/h3-6,11,14H,7-8H2,1-2H3,(H,13,15)/t11-/m0/s1. The van der Waals surface area contributed by atoms with E-state index in [4.69, 9.17) is 9.84 Å². The monoisotopic (exact) mass is 223 g/mol. The number of carbonyl (C=O) groups excluding carboxylic acids is 1. The van der Waals surface area contributed by atoms with Crippen molar-refractivity contribution in [3.8, 4) is 5.75 Å². The summed E-state index contributed by atoms with van der Waals surface area (Å²) in [6.45, 7) is 1.38. The minimum absolute atomic E-state index is 0.0639. The third kappa shape index (κ3) is 3.90. The number of ether oxygens (including phenoxy) is 1. The quantitative estimate of drug-likeness (QED) is 0.774. The Labute approximate surface area is 95.2 Å². The lowest BCUT2D eigenvalue weighted by molar-refractivity contribution is -0.119. The Kier molecular flexibility index (Phi) is 4.79. The molecule has 0 radical (unpaired) electrons. The lowest BCUT2D eigenvalue weighted by atomic mass is 10.1. The number of amides is 1. The Morgan fingerprint density at radius 1 is 1.44 bits per heavy atom. The molecule has 0 saturated heterocycles. The van der Waals surface area contributed by atoms with E-state index in [9.17, 15) is 4.79 Å². The number of hydrogen-bond acceptors (Lipinski definition) is 3. The van der Waals surface area contributed by atoms with Crippen molar-refractivity contribution < 1.29 is 14.6 Å². The fourth-order valence-electron chi connectivity index (χ4n) is 1.49. The van der Waals surface area contributed by atoms with Gasteiger partial charge in [0.2, 0.25) is 5.91 Å². The molecule has 4 nitrogen and oxygen atoms in total. The lowest BCUT2D eigenvalue weighted by Crippen LogP contribution is -2.37. The molecule has 0 saturated carbocycles. The smallest absolute Gasteiger partial charge is 0.217 e. The largest absolute Gasteiger partial charge is 0.497 e. The van der Waals surface area contributed by atoms with Crippen molar-refractivity contribution in [3.05, 3.63) is 29.8 Å². The molecule has 0 spiro atoms. The van der Waals surface area contributed by atoms with E-state index in [-0.39, 0.29) is 18.6 Å². The van der Waals surface area contributed by atoms with Gasteiger partial charge in [-0.1, -0.05) is 12.1 Å². The number of aliphatic hydroxyl groups excluding tert-OH is 1. The van der Waals surface area contributed by atoms with Gasteiger partial charge in [0.05, 0.1) is 19.8 Å². The molecule has 0 aliphatic carbocycles. The van der Waals surface area contributed by atoms with Gasteiger partial charge in [0, 0.05) is 6.92 Å². The van der Waals surface area contributed by atoms with Crippen molar-refractivity contribution in [3.63, 3.8) is 0 Å². The fraction of sp³-hybridized carbons (Fsp3) is 0.417. The van der Waals surface area contributed by atoms with E-state index in [1.165, 1.54) is 6.92 Å². The van der Waals surface area contributed by atoms with Crippen molar-refractivity contribution >= 4 is 5.91 Å². The van der Waals surface area contributed by atoms with Crippen molar-refractivity contribution in [1.82, 2.24) is 5.32 Å². The Balaban J connectivity index is 2.59. The summed E-state index contributed by atoms with van der Waals surface area (Å²) in [7, 11) is 1.61. The average Bonchev–Trinajstić information content (AvgIpc) is 2.28. The van der Waals surface area contributed by atoms with Crippen LogP contribution in [0.15, 0.2) is 24.3 Å². The van der Waals surface area contributed by atoms with Gasteiger partial charge in [-0.05, 0) is 24.1 Å². The zero-order valence-corrected chi connectivity index (χ0v) is 9.56. The molecule has 16 heavy (non-hydrogen) atoms. The summed E-state index contributed by atoms with van der Waals surface area (Å²) in [5.41, 5.74) is 1.05. The summed E-state index contributed by atoms with van der Waals surface area (Å²) < 4.78 is 5.05. The highest BCUT2D eigenvalue weighted by atomic mass is 16.5. The summed E-state index contributed by atoms with van der Waals surface area (Å²) in [4.78, 5) is 10.9. The first-order valence-electron chi connectivity index (χ1n) is 5.16. The first-order valence-corrected chi connectivity index (χ1v) is 5.16. The molecule has 88 valence electrons. The highest BCUT2D eigenvalue weighted by molar-refractivity contribution is 5.73. The van der Waals surface area contributed by atoms with Crippen molar-refractivity contribution in [2.24, 2.45) is 0 Å². The van der Waals surface area contributed by atoms with E-state index in [2.05, 4.69) is 5.32 Å². The van der Waals surface area contributed by atoms with Gasteiger partial charge in [-0.15, -0.1) is 0 Å². The van der Waals surface area contributed by atoms with Gasteiger partial charge in [-0.25, -0.2) is 0 Å². The zero-order chi connectivity index (χ0) is 12.0. The maximum Gasteiger partial charge on any atom is 0.217 e. The van der Waals surface area contributed by atoms with Crippen LogP contribution in [0.3, 0.4) is 0 Å². The Morgan fingerprint density at radius 3 is 2.50 bits per heavy atom. The van der Waals surface area contributed by atoms with Gasteiger partial charge < -0.3 is 15.2 Å². The van der Waals surface area contributed by atoms with Crippen LogP contribution in [0.5, 0.6) is 5.75 Å². The van der Waals surface area contributed by atoms with Gasteiger partial charge in [-0.2, -0.15) is 0 Å². The number of benzene rings is 1. The highest BCUT2D eigenvalue weighted by Crippen LogP contribution is 2.12. The van der Waals surface area contributed by atoms with Crippen LogP contribution in [0, 0.1) is 0 Å². The number of aliphatic hydroxyl groups is 1. The van der Waals surface area contributed by atoms with E-state index in [1.54, 1.807) is 7.11 Å². The van der Waals surface area contributed by atoms with Crippen LogP contribution in [0.25, 0.3) is 0 Å². The summed E-state index contributed by atoms with van der Waals surface area (Å²) in [6.07, 6.45) is 0.611. The predicted molar refractivity (Wildman–Crippen MR) is 61.4 cm³/mol. The van der Waals surface area contributed by atoms with Gasteiger partial charge in [0.25, 0.3) is 0 Å². The molecule has 2 N–H and O–H groups in total. The molecule has 1 aromatic rings. The maximum absolute atomic E-state index is 10.9. The van der Waals surface area contributed by atoms with Crippen LogP contribution in [0.1, 0.15) is 12.5 Å². The Morgan fingerprint density at radius 2 is 2.06 bits per heavy atom. The fourth-order valence-corrected chi connectivity index (χ4v) is 1.49. The molecule has 0 fully saturated rings. The Hall–Kier alpha value is -1.55. The van der Waals surface area contributed by atoms with Crippen LogP contribution in [0.2, 0.25) is 0 Å². The Bertz CT molecular complexity index is 335. The molecule has 1 atom stereocenters. The molecule has 0 bridgehead atoms. The second kappa shape index (κ2) is 6.12. The van der Waals surface area contributed by atoms with Crippen LogP contribution in [-0.2, 0) is 11.2 Å². The van der Waals surface area contributed by atoms with Crippen LogP contribution in [-0.4, -0.2) is 30.8 Å². The first kappa shape index (κ1) is 12.5. The van der Waals surface area contributed by atoms with Crippen molar-refractivity contribution in [2.45, 2.75) is 19.4 Å². The van der Waals surface area contributed by atoms with Gasteiger partial charge in [0.15, 0.2) is 0 Å². The van der Waals surface area contributed by atoms with Crippen LogP contribution in [0.4, 0.5) is 0 Å². The summed E-state index contributed by atoms with van der Waals surface area (Å²) in [6, 6.07) is 7.33. The van der Waals surface area contributed by atoms with E-state index >= 15 is 0 Å². The molecule has 1 aromatic carbocycles. The topological polar surface area (TPSA) is 58.6 Å². The number of methoxy groups -OCH3 is 1. The highest BCUT2D eigenvalue weighted by Gasteiger charge is 2.09. The zero-order valence-electron chi connectivity index (χ0n) is 9.56. The third-order valence-electron chi connectivity index (χ3n) is 2.27. The molecule has 0 unspecified atom stereocenters. The SMILES string of the molecule is COc1ccc(C[C@@H](CO)NC(C)=O)cc1. The number of hydrogen-bond donors (Lipinski definition) is 2. The van der Waals surface area contributed by atoms with E-state index in [0.717, 1.165) is 11.3 Å². The second-order valence-electron chi connectivity index (χ2n) is 3.63. The molecular formula is C12H17NO3. The normalized spacial score (nSPS) is 11.9. The number of rotatable bonds is 5. The molecule has 1 rings (SSSR count). The molecule has 4 heteroatoms. The average molecular weight is 223 g/mol. The van der Waals surface area contributed by atoms with Gasteiger partial charge >= 0.3 is 0 Å². The predicted octanol–water partition coefficient (Wildman–Crippen LogP) is 0.735. The first-order chi connectivity index (χ1) is 7.65. The number of carbonyl (C=O) groups is 1. The van der Waals surface area contributed by atoms with Gasteiger partial charge in [0.1, 0.15) is 5.75 Å². The van der Waals surface area contributed by atoms with E-state index < -0.39 is 0 Å². The van der Waals surface area contributed by atoms with Gasteiger partial charge in [-0.3, -0.25) is 4.79 Å². The molecule has 1 amide bonds. The maximum atomic E-state index is 10.9. The molecule has 0 aliphatic heterocycles. The summed E-state index contributed by atoms with van der Waals surface area (Å²) in [5, 5.41) is 11.8. The minimum Gasteiger partial charge on any atom is -0.497 e. The third-order valence-corrected chi connectivity index (χ3v) is 2.27. The number of nitrogens with one attached hydrogen (secondary N) is 1. The lowest BCUT2D eigenvalue weighted by Gasteiger charge is -2.15. The van der Waals surface area contributed by atoms with E-state index in [1.807, 2.05) is 24.3 Å².